The van der Waals surface area contributed by atoms with E-state index in [1.165, 1.54) is 21.0 Å². The minimum absolute atomic E-state index is 0.116. The van der Waals surface area contributed by atoms with Crippen LogP contribution in [0.2, 0.25) is 0 Å². The summed E-state index contributed by atoms with van der Waals surface area (Å²) in [5, 5.41) is 16.1. The molecule has 0 saturated carbocycles. The van der Waals surface area contributed by atoms with Crippen molar-refractivity contribution in [1.29, 1.82) is 0 Å². The Kier molecular flexibility index (Phi) is 7.50. The third-order valence-electron chi connectivity index (χ3n) is 2.23. The first-order valence-corrected chi connectivity index (χ1v) is 5.84. The third-order valence-corrected chi connectivity index (χ3v) is 2.23. The van der Waals surface area contributed by atoms with Crippen molar-refractivity contribution in [3.63, 3.8) is 0 Å². The van der Waals surface area contributed by atoms with E-state index >= 15 is 0 Å². The molecule has 0 aliphatic carbocycles. The van der Waals surface area contributed by atoms with Crippen LogP contribution in [0.5, 0.6) is 0 Å². The summed E-state index contributed by atoms with van der Waals surface area (Å²) in [6.07, 6.45) is 0.116. The predicted molar refractivity (Wildman–Crippen MR) is 67.8 cm³/mol. The second kappa shape index (κ2) is 8.30. The largest absolute Gasteiger partial charge is 0.480 e. The van der Waals surface area contributed by atoms with Gasteiger partial charge in [0.15, 0.2) is 0 Å². The lowest BCUT2D eigenvalue weighted by Gasteiger charge is -2.21. The number of nitrogens with one attached hydrogen (secondary N) is 3. The van der Waals surface area contributed by atoms with Gasteiger partial charge in [-0.15, -0.1) is 0 Å². The van der Waals surface area contributed by atoms with E-state index in [2.05, 4.69) is 16.0 Å². The standard InChI is InChI=1S/C11H21N3O5/c1-11(2,9(16)17)14-10(18)13-5-4-8(15)12-6-7-19-3/h4-7H2,1-3H3,(H,12,15)(H,16,17)(H2,13,14,18). The highest BCUT2D eigenvalue weighted by Crippen LogP contribution is 2.00. The van der Waals surface area contributed by atoms with Crippen LogP contribution >= 0.6 is 0 Å². The van der Waals surface area contributed by atoms with E-state index in [0.29, 0.717) is 13.2 Å². The second-order valence-electron chi connectivity index (χ2n) is 4.40. The molecule has 0 unspecified atom stereocenters. The molecule has 0 aromatic carbocycles. The zero-order valence-corrected chi connectivity index (χ0v) is 11.4. The Morgan fingerprint density at radius 1 is 1.16 bits per heavy atom. The molecule has 0 aliphatic heterocycles. The van der Waals surface area contributed by atoms with Crippen LogP contribution < -0.4 is 16.0 Å². The van der Waals surface area contributed by atoms with E-state index in [9.17, 15) is 14.4 Å². The Morgan fingerprint density at radius 3 is 2.32 bits per heavy atom. The maximum atomic E-state index is 11.4. The van der Waals surface area contributed by atoms with E-state index in [1.54, 1.807) is 0 Å². The minimum atomic E-state index is -1.36. The summed E-state index contributed by atoms with van der Waals surface area (Å²) in [5.41, 5.74) is -1.36. The van der Waals surface area contributed by atoms with Crippen LogP contribution in [0.4, 0.5) is 4.79 Å². The molecule has 0 bridgehead atoms. The molecule has 110 valence electrons. The van der Waals surface area contributed by atoms with Gasteiger partial charge in [-0.05, 0) is 13.8 Å². The first-order chi connectivity index (χ1) is 8.79. The van der Waals surface area contributed by atoms with Gasteiger partial charge in [-0.25, -0.2) is 9.59 Å². The molecule has 0 aliphatic rings. The Morgan fingerprint density at radius 2 is 1.79 bits per heavy atom. The summed E-state index contributed by atoms with van der Waals surface area (Å²) < 4.78 is 4.76. The lowest BCUT2D eigenvalue weighted by molar-refractivity contribution is -0.142. The van der Waals surface area contributed by atoms with E-state index in [4.69, 9.17) is 9.84 Å². The van der Waals surface area contributed by atoms with E-state index in [-0.39, 0.29) is 18.9 Å². The number of carbonyl (C=O) groups is 3. The average Bonchev–Trinajstić information content (AvgIpc) is 2.28. The Bertz CT molecular complexity index is 330. The van der Waals surface area contributed by atoms with Crippen LogP contribution in [-0.2, 0) is 14.3 Å². The molecule has 0 fully saturated rings. The number of carbonyl (C=O) groups excluding carboxylic acids is 2. The number of hydrogen-bond donors (Lipinski definition) is 4. The molecular weight excluding hydrogens is 254 g/mol. The van der Waals surface area contributed by atoms with Crippen molar-refractivity contribution in [3.05, 3.63) is 0 Å². The molecule has 0 atom stereocenters. The van der Waals surface area contributed by atoms with Gasteiger partial charge in [-0.3, -0.25) is 4.79 Å². The number of amides is 3. The summed E-state index contributed by atoms with van der Waals surface area (Å²) in [6.45, 7) is 3.69. The van der Waals surface area contributed by atoms with Gasteiger partial charge >= 0.3 is 12.0 Å². The normalized spacial score (nSPS) is 10.7. The highest BCUT2D eigenvalue weighted by atomic mass is 16.5. The highest BCUT2D eigenvalue weighted by Gasteiger charge is 2.28. The Balaban J connectivity index is 3.80. The molecule has 8 nitrogen and oxygen atoms in total. The zero-order chi connectivity index (χ0) is 14.9. The number of aliphatic carboxylic acids is 1. The number of urea groups is 1. The quantitative estimate of drug-likeness (QED) is 0.437. The van der Waals surface area contributed by atoms with E-state index in [1.807, 2.05) is 0 Å². The molecule has 0 spiro atoms. The van der Waals surface area contributed by atoms with Crippen LogP contribution in [0.25, 0.3) is 0 Å². The fraction of sp³-hybridized carbons (Fsp3) is 0.727. The second-order valence-corrected chi connectivity index (χ2v) is 4.40. The first-order valence-electron chi connectivity index (χ1n) is 5.84. The molecule has 4 N–H and O–H groups in total. The number of ether oxygens (including phenoxy) is 1. The minimum Gasteiger partial charge on any atom is -0.480 e. The number of hydrogen-bond acceptors (Lipinski definition) is 4. The Hall–Kier alpha value is -1.83. The van der Waals surface area contributed by atoms with E-state index in [0.717, 1.165) is 0 Å². The molecule has 0 radical (unpaired) electrons. The molecule has 8 heteroatoms. The molecule has 0 heterocycles. The molecule has 0 aromatic rings. The van der Waals surface area contributed by atoms with Gasteiger partial charge in [0.2, 0.25) is 5.91 Å². The van der Waals surface area contributed by atoms with Gasteiger partial charge in [-0.1, -0.05) is 0 Å². The molecule has 0 aromatic heterocycles. The topological polar surface area (TPSA) is 117 Å². The van der Waals surface area contributed by atoms with Crippen molar-refractivity contribution >= 4 is 17.9 Å². The molecule has 19 heavy (non-hydrogen) atoms. The van der Waals surface area contributed by atoms with Crippen LogP contribution in [0, 0.1) is 0 Å². The predicted octanol–water partition coefficient (Wildman–Crippen LogP) is -0.698. The van der Waals surface area contributed by atoms with Gasteiger partial charge in [0, 0.05) is 26.6 Å². The summed E-state index contributed by atoms with van der Waals surface area (Å²) in [7, 11) is 1.53. The smallest absolute Gasteiger partial charge is 0.328 e. The van der Waals surface area contributed by atoms with Crippen LogP contribution in [-0.4, -0.2) is 55.4 Å². The molecule has 0 rings (SSSR count). The number of rotatable bonds is 8. The SMILES string of the molecule is COCCNC(=O)CCNC(=O)NC(C)(C)C(=O)O. The van der Waals surface area contributed by atoms with Gasteiger partial charge in [-0.2, -0.15) is 0 Å². The average molecular weight is 275 g/mol. The van der Waals surface area contributed by atoms with Gasteiger partial charge < -0.3 is 25.8 Å². The van der Waals surface area contributed by atoms with Crippen molar-refractivity contribution in [2.45, 2.75) is 25.8 Å². The van der Waals surface area contributed by atoms with E-state index < -0.39 is 17.5 Å². The fourth-order valence-electron chi connectivity index (χ4n) is 1.05. The Labute approximate surface area is 111 Å². The third kappa shape index (κ3) is 7.98. The molecule has 0 saturated heterocycles. The van der Waals surface area contributed by atoms with Crippen molar-refractivity contribution in [2.75, 3.05) is 26.8 Å². The summed E-state index contributed by atoms with van der Waals surface area (Å²) in [6, 6.07) is -0.628. The number of carboxylic acid groups (broad SMARTS) is 1. The first kappa shape index (κ1) is 17.2. The van der Waals surface area contributed by atoms with Crippen molar-refractivity contribution in [2.24, 2.45) is 0 Å². The van der Waals surface area contributed by atoms with Crippen molar-refractivity contribution in [3.8, 4) is 0 Å². The monoisotopic (exact) mass is 275 g/mol. The summed E-state index contributed by atoms with van der Waals surface area (Å²) in [5.74, 6) is -1.35. The molecular formula is C11H21N3O5. The fourth-order valence-corrected chi connectivity index (χ4v) is 1.05. The van der Waals surface area contributed by atoms with Crippen LogP contribution in [0.1, 0.15) is 20.3 Å². The van der Waals surface area contributed by atoms with Crippen molar-refractivity contribution < 1.29 is 24.2 Å². The van der Waals surface area contributed by atoms with Gasteiger partial charge in [0.1, 0.15) is 5.54 Å². The highest BCUT2D eigenvalue weighted by molar-refractivity contribution is 5.85. The maximum absolute atomic E-state index is 11.4. The van der Waals surface area contributed by atoms with Gasteiger partial charge in [0.05, 0.1) is 6.61 Å². The zero-order valence-electron chi connectivity index (χ0n) is 11.4. The number of carboxylic acids is 1. The molecule has 3 amide bonds. The number of methoxy groups -OCH3 is 1. The summed E-state index contributed by atoms with van der Waals surface area (Å²) >= 11 is 0. The van der Waals surface area contributed by atoms with Crippen LogP contribution in [0.3, 0.4) is 0 Å². The maximum Gasteiger partial charge on any atom is 0.328 e. The van der Waals surface area contributed by atoms with Crippen molar-refractivity contribution in [1.82, 2.24) is 16.0 Å². The van der Waals surface area contributed by atoms with Crippen LogP contribution in [0.15, 0.2) is 0 Å². The lowest BCUT2D eigenvalue weighted by Crippen LogP contribution is -2.53. The summed E-state index contributed by atoms with van der Waals surface area (Å²) in [4.78, 5) is 33.4. The lowest BCUT2D eigenvalue weighted by atomic mass is 10.1. The van der Waals surface area contributed by atoms with Gasteiger partial charge in [0.25, 0.3) is 0 Å².